The number of ether oxygens (including phenoxy) is 1. The molecule has 0 bridgehead atoms. The second kappa shape index (κ2) is 11.8. The van der Waals surface area contributed by atoms with Gasteiger partial charge in [-0.25, -0.2) is 4.79 Å². The van der Waals surface area contributed by atoms with E-state index in [0.29, 0.717) is 24.0 Å². The molecule has 2 aromatic rings. The summed E-state index contributed by atoms with van der Waals surface area (Å²) in [5.41, 5.74) is 3.93. The molecular weight excluding hydrogens is 398 g/mol. The van der Waals surface area contributed by atoms with Crippen LogP contribution in [0.2, 0.25) is 0 Å². The fourth-order valence-corrected chi connectivity index (χ4v) is 4.59. The van der Waals surface area contributed by atoms with E-state index in [1.165, 1.54) is 11.1 Å². The number of anilines is 1. The fraction of sp³-hybridized carbons (Fsp3) is 0.464. The number of allylic oxidation sites excluding steroid dienone is 1. The summed E-state index contributed by atoms with van der Waals surface area (Å²) >= 11 is 0. The van der Waals surface area contributed by atoms with E-state index in [-0.39, 0.29) is 0 Å². The van der Waals surface area contributed by atoms with Gasteiger partial charge >= 0.3 is 5.97 Å². The predicted molar refractivity (Wildman–Crippen MR) is 132 cm³/mol. The third kappa shape index (κ3) is 6.62. The molecule has 2 atom stereocenters. The number of fused-ring (bicyclic) bond motifs is 1. The highest BCUT2D eigenvalue weighted by Crippen LogP contribution is 2.35. The van der Waals surface area contributed by atoms with Gasteiger partial charge in [0.05, 0.1) is 17.9 Å². The molecule has 1 aliphatic rings. The number of hydrogen-bond donors (Lipinski definition) is 1. The fourth-order valence-electron chi connectivity index (χ4n) is 4.59. The largest absolute Gasteiger partial charge is 0.491 e. The van der Waals surface area contributed by atoms with Crippen LogP contribution in [0.4, 0.5) is 5.69 Å². The summed E-state index contributed by atoms with van der Waals surface area (Å²) in [6.45, 7) is 10.7. The van der Waals surface area contributed by atoms with Gasteiger partial charge in [0.1, 0.15) is 5.75 Å². The Morgan fingerprint density at radius 1 is 1.31 bits per heavy atom. The quantitative estimate of drug-likeness (QED) is 0.408. The molecule has 1 N–H and O–H groups in total. The van der Waals surface area contributed by atoms with Gasteiger partial charge in [0.2, 0.25) is 0 Å². The Labute approximate surface area is 192 Å². The predicted octanol–water partition coefficient (Wildman–Crippen LogP) is 6.52. The molecule has 172 valence electrons. The standard InChI is InChI=1S/C28H37NO3/c1-4-6-10-22(5-2)18-29-19-24(13-8-12-23-11-7-9-21(3)16-23)20-32-27-15-14-25(28(30)31)17-26(27)29/h4,7,9,11,14-17,22,24H,1,5-6,8,10,12-13,18-20H2,2-3H3,(H,30,31). The van der Waals surface area contributed by atoms with Crippen molar-refractivity contribution < 1.29 is 14.6 Å². The average molecular weight is 436 g/mol. The Hall–Kier alpha value is -2.75. The summed E-state index contributed by atoms with van der Waals surface area (Å²) in [6.07, 6.45) is 8.47. The molecule has 4 nitrogen and oxygen atoms in total. The lowest BCUT2D eigenvalue weighted by molar-refractivity contribution is 0.0697. The summed E-state index contributed by atoms with van der Waals surface area (Å²) in [7, 11) is 0. The van der Waals surface area contributed by atoms with Crippen LogP contribution in [0, 0.1) is 18.8 Å². The van der Waals surface area contributed by atoms with Crippen LogP contribution in [-0.2, 0) is 6.42 Å². The van der Waals surface area contributed by atoms with Crippen LogP contribution >= 0.6 is 0 Å². The molecule has 0 radical (unpaired) electrons. The maximum atomic E-state index is 11.6. The second-order valence-electron chi connectivity index (χ2n) is 9.09. The lowest BCUT2D eigenvalue weighted by atomic mass is 9.96. The molecule has 0 amide bonds. The Morgan fingerprint density at radius 2 is 2.16 bits per heavy atom. The molecule has 32 heavy (non-hydrogen) atoms. The van der Waals surface area contributed by atoms with Gasteiger partial charge in [-0.05, 0) is 68.7 Å². The molecular formula is C28H37NO3. The average Bonchev–Trinajstić information content (AvgIpc) is 2.95. The van der Waals surface area contributed by atoms with E-state index in [4.69, 9.17) is 4.74 Å². The van der Waals surface area contributed by atoms with Crippen LogP contribution < -0.4 is 9.64 Å². The Kier molecular flexibility index (Phi) is 8.78. The SMILES string of the molecule is C=CCCC(CC)CN1CC(CCCc2cccc(C)c2)COc2ccc(C(=O)O)cc21. The van der Waals surface area contributed by atoms with Crippen LogP contribution in [0.1, 0.15) is 60.5 Å². The molecule has 0 fully saturated rings. The highest BCUT2D eigenvalue weighted by Gasteiger charge is 2.25. The zero-order chi connectivity index (χ0) is 22.9. The molecule has 0 saturated heterocycles. The van der Waals surface area contributed by atoms with Crippen LogP contribution in [0.5, 0.6) is 5.75 Å². The highest BCUT2D eigenvalue weighted by molar-refractivity contribution is 5.89. The molecule has 4 heteroatoms. The molecule has 1 aliphatic heterocycles. The van der Waals surface area contributed by atoms with Gasteiger partial charge in [-0.1, -0.05) is 49.2 Å². The normalized spacial score (nSPS) is 16.6. The molecule has 2 aromatic carbocycles. The number of carboxylic acid groups (broad SMARTS) is 1. The molecule has 0 aliphatic carbocycles. The van der Waals surface area contributed by atoms with Crippen molar-refractivity contribution in [2.75, 3.05) is 24.6 Å². The Balaban J connectivity index is 1.73. The maximum absolute atomic E-state index is 11.6. The third-order valence-corrected chi connectivity index (χ3v) is 6.49. The number of aromatic carboxylic acids is 1. The van der Waals surface area contributed by atoms with Crippen LogP contribution in [-0.4, -0.2) is 30.8 Å². The summed E-state index contributed by atoms with van der Waals surface area (Å²) < 4.78 is 6.19. The first-order valence-electron chi connectivity index (χ1n) is 11.9. The molecule has 0 saturated carbocycles. The number of carbonyl (C=O) groups is 1. The topological polar surface area (TPSA) is 49.8 Å². The van der Waals surface area contributed by atoms with E-state index in [1.54, 1.807) is 12.1 Å². The first kappa shape index (κ1) is 23.9. The van der Waals surface area contributed by atoms with Crippen molar-refractivity contribution in [2.45, 2.75) is 52.4 Å². The summed E-state index contributed by atoms with van der Waals surface area (Å²) in [5, 5.41) is 9.51. The summed E-state index contributed by atoms with van der Waals surface area (Å²) in [5.74, 6) is 0.859. The highest BCUT2D eigenvalue weighted by atomic mass is 16.5. The van der Waals surface area contributed by atoms with Crippen molar-refractivity contribution in [1.29, 1.82) is 0 Å². The second-order valence-corrected chi connectivity index (χ2v) is 9.09. The van der Waals surface area contributed by atoms with E-state index in [0.717, 1.165) is 63.1 Å². The number of rotatable bonds is 11. The van der Waals surface area contributed by atoms with Gasteiger partial charge in [-0.3, -0.25) is 0 Å². The molecule has 3 rings (SSSR count). The lowest BCUT2D eigenvalue weighted by Crippen LogP contribution is -2.34. The molecule has 0 spiro atoms. The van der Waals surface area contributed by atoms with Crippen molar-refractivity contribution in [2.24, 2.45) is 11.8 Å². The minimum atomic E-state index is -0.898. The van der Waals surface area contributed by atoms with Crippen LogP contribution in [0.3, 0.4) is 0 Å². The van der Waals surface area contributed by atoms with Crippen LogP contribution in [0.15, 0.2) is 55.1 Å². The van der Waals surface area contributed by atoms with Crippen LogP contribution in [0.25, 0.3) is 0 Å². The molecule has 0 aromatic heterocycles. The van der Waals surface area contributed by atoms with E-state index < -0.39 is 5.97 Å². The van der Waals surface area contributed by atoms with Crippen molar-refractivity contribution in [1.82, 2.24) is 0 Å². The monoisotopic (exact) mass is 435 g/mol. The van der Waals surface area contributed by atoms with Crippen molar-refractivity contribution in [3.63, 3.8) is 0 Å². The minimum Gasteiger partial charge on any atom is -0.491 e. The number of hydrogen-bond acceptors (Lipinski definition) is 3. The van der Waals surface area contributed by atoms with Gasteiger partial charge in [0, 0.05) is 19.0 Å². The number of benzene rings is 2. The van der Waals surface area contributed by atoms with Crippen molar-refractivity contribution in [3.05, 3.63) is 71.8 Å². The lowest BCUT2D eigenvalue weighted by Gasteiger charge is -2.30. The first-order chi connectivity index (χ1) is 15.5. The maximum Gasteiger partial charge on any atom is 0.335 e. The smallest absolute Gasteiger partial charge is 0.335 e. The summed E-state index contributed by atoms with van der Waals surface area (Å²) in [4.78, 5) is 14.0. The first-order valence-corrected chi connectivity index (χ1v) is 11.9. The van der Waals surface area contributed by atoms with E-state index >= 15 is 0 Å². The van der Waals surface area contributed by atoms with Gasteiger partial charge < -0.3 is 14.7 Å². The zero-order valence-electron chi connectivity index (χ0n) is 19.6. The minimum absolute atomic E-state index is 0.314. The van der Waals surface area contributed by atoms with Gasteiger partial charge in [0.15, 0.2) is 0 Å². The van der Waals surface area contributed by atoms with Gasteiger partial charge in [-0.2, -0.15) is 0 Å². The van der Waals surface area contributed by atoms with Crippen molar-refractivity contribution >= 4 is 11.7 Å². The third-order valence-electron chi connectivity index (χ3n) is 6.49. The molecule has 2 unspecified atom stereocenters. The Bertz CT molecular complexity index is 907. The number of nitrogens with zero attached hydrogens (tertiary/aromatic N) is 1. The molecule has 1 heterocycles. The number of aryl methyl sites for hydroxylation is 2. The zero-order valence-corrected chi connectivity index (χ0v) is 19.6. The van der Waals surface area contributed by atoms with E-state index in [2.05, 4.69) is 49.6 Å². The summed E-state index contributed by atoms with van der Waals surface area (Å²) in [6, 6.07) is 14.0. The van der Waals surface area contributed by atoms with Gasteiger partial charge in [0.25, 0.3) is 0 Å². The number of carboxylic acids is 1. The van der Waals surface area contributed by atoms with Gasteiger partial charge in [-0.15, -0.1) is 6.58 Å². The van der Waals surface area contributed by atoms with E-state index in [1.807, 2.05) is 12.1 Å². The van der Waals surface area contributed by atoms with Crippen molar-refractivity contribution in [3.8, 4) is 5.75 Å². The Morgan fingerprint density at radius 3 is 2.88 bits per heavy atom. The van der Waals surface area contributed by atoms with E-state index in [9.17, 15) is 9.90 Å².